The Bertz CT molecular complexity index is 599. The monoisotopic (exact) mass is 329 g/mol. The summed E-state index contributed by atoms with van der Waals surface area (Å²) in [5.41, 5.74) is -5.94. The zero-order valence-electron chi connectivity index (χ0n) is 11.3. The van der Waals surface area contributed by atoms with Crippen LogP contribution in [0.3, 0.4) is 0 Å². The van der Waals surface area contributed by atoms with Gasteiger partial charge in [0.15, 0.2) is 0 Å². The van der Waals surface area contributed by atoms with E-state index in [-0.39, 0.29) is 5.92 Å². The Hall–Kier alpha value is -1.35. The summed E-state index contributed by atoms with van der Waals surface area (Å²) in [6.07, 6.45) is 0. The number of benzene rings is 1. The van der Waals surface area contributed by atoms with Crippen molar-refractivity contribution in [1.82, 2.24) is 0 Å². The van der Waals surface area contributed by atoms with Crippen molar-refractivity contribution in [1.29, 1.82) is 0 Å². The van der Waals surface area contributed by atoms with Crippen LogP contribution in [0, 0.1) is 11.7 Å². The van der Waals surface area contributed by atoms with E-state index < -0.39 is 44.4 Å². The van der Waals surface area contributed by atoms with Crippen LogP contribution in [0.15, 0.2) is 23.1 Å². The molecular weight excluding hydrogens is 314 g/mol. The van der Waals surface area contributed by atoms with Gasteiger partial charge in [0.2, 0.25) is 0 Å². The lowest BCUT2D eigenvalue weighted by Gasteiger charge is -2.23. The lowest BCUT2D eigenvalue weighted by atomic mass is 10.1. The first-order chi connectivity index (χ1) is 9.50. The van der Waals surface area contributed by atoms with Crippen LogP contribution < -0.4 is 5.32 Å². The molecule has 0 radical (unpaired) electrons. The predicted octanol–water partition coefficient (Wildman–Crippen LogP) is 2.55. The molecule has 21 heavy (non-hydrogen) atoms. The van der Waals surface area contributed by atoms with Gasteiger partial charge in [0.05, 0.1) is 18.3 Å². The van der Waals surface area contributed by atoms with Gasteiger partial charge in [-0.15, -0.1) is 0 Å². The summed E-state index contributed by atoms with van der Waals surface area (Å²) < 4.78 is 73.9. The highest BCUT2D eigenvalue weighted by Crippen LogP contribution is 2.35. The van der Waals surface area contributed by atoms with E-state index in [0.717, 1.165) is 12.1 Å². The largest absolute Gasteiger partial charge is 0.501 e. The Morgan fingerprint density at radius 3 is 2.29 bits per heavy atom. The van der Waals surface area contributed by atoms with Gasteiger partial charge in [-0.2, -0.15) is 13.2 Å². The summed E-state index contributed by atoms with van der Waals surface area (Å²) in [6, 6.07) is 1.38. The second-order valence-corrected chi connectivity index (χ2v) is 6.68. The van der Waals surface area contributed by atoms with Crippen LogP contribution in [-0.4, -0.2) is 31.7 Å². The third kappa shape index (κ3) is 3.85. The van der Waals surface area contributed by atoms with Gasteiger partial charge in [-0.3, -0.25) is 0 Å². The van der Waals surface area contributed by atoms with E-state index in [9.17, 15) is 26.0 Å². The first kappa shape index (κ1) is 17.7. The van der Waals surface area contributed by atoms with Crippen molar-refractivity contribution >= 4 is 15.5 Å². The molecule has 1 aromatic carbocycles. The quantitative estimate of drug-likeness (QED) is 0.815. The predicted molar refractivity (Wildman–Crippen MR) is 69.0 cm³/mol. The van der Waals surface area contributed by atoms with Crippen molar-refractivity contribution in [2.24, 2.45) is 5.92 Å². The molecule has 0 bridgehead atoms. The average Bonchev–Trinajstić information content (AvgIpc) is 2.35. The summed E-state index contributed by atoms with van der Waals surface area (Å²) in [4.78, 5) is -1.20. The van der Waals surface area contributed by atoms with Crippen molar-refractivity contribution in [2.75, 3.05) is 11.9 Å². The molecule has 0 aliphatic rings. The van der Waals surface area contributed by atoms with Gasteiger partial charge in [-0.05, 0) is 24.1 Å². The SMILES string of the molecule is CC(C)[C@@H](CO)Nc1ccc(F)cc1S(=O)(=O)C(F)(F)F. The minimum Gasteiger partial charge on any atom is -0.394 e. The number of hydrogen-bond donors (Lipinski definition) is 2. The molecule has 0 spiro atoms. The van der Waals surface area contributed by atoms with Gasteiger partial charge in [0.25, 0.3) is 9.84 Å². The van der Waals surface area contributed by atoms with Gasteiger partial charge < -0.3 is 10.4 Å². The molecule has 9 heteroatoms. The van der Waals surface area contributed by atoms with Crippen LogP contribution in [0.5, 0.6) is 0 Å². The molecule has 0 fully saturated rings. The molecule has 0 heterocycles. The summed E-state index contributed by atoms with van der Waals surface area (Å²) in [7, 11) is -5.69. The Balaban J connectivity index is 3.37. The van der Waals surface area contributed by atoms with Gasteiger partial charge in [-0.25, -0.2) is 12.8 Å². The van der Waals surface area contributed by atoms with E-state index in [2.05, 4.69) is 5.32 Å². The molecule has 1 aromatic rings. The van der Waals surface area contributed by atoms with E-state index >= 15 is 0 Å². The maximum Gasteiger partial charge on any atom is 0.501 e. The fraction of sp³-hybridized carbons (Fsp3) is 0.500. The summed E-state index contributed by atoms with van der Waals surface area (Å²) in [5.74, 6) is -1.28. The molecule has 0 aliphatic heterocycles. The number of aliphatic hydroxyl groups excluding tert-OH is 1. The third-order valence-electron chi connectivity index (χ3n) is 2.88. The van der Waals surface area contributed by atoms with E-state index in [0.29, 0.717) is 6.07 Å². The first-order valence-corrected chi connectivity index (χ1v) is 7.47. The number of nitrogens with one attached hydrogen (secondary N) is 1. The van der Waals surface area contributed by atoms with Crippen LogP contribution in [0.25, 0.3) is 0 Å². The molecule has 0 unspecified atom stereocenters. The molecule has 0 aliphatic carbocycles. The van der Waals surface area contributed by atoms with Crippen molar-refractivity contribution < 1.29 is 31.1 Å². The van der Waals surface area contributed by atoms with Crippen LogP contribution in [-0.2, 0) is 9.84 Å². The molecule has 1 atom stereocenters. The molecule has 120 valence electrons. The number of hydrogen-bond acceptors (Lipinski definition) is 4. The maximum atomic E-state index is 13.1. The Morgan fingerprint density at radius 1 is 1.29 bits per heavy atom. The second kappa shape index (κ2) is 6.18. The molecule has 0 amide bonds. The highest BCUT2D eigenvalue weighted by Gasteiger charge is 2.48. The lowest BCUT2D eigenvalue weighted by molar-refractivity contribution is -0.0435. The number of alkyl halides is 3. The molecule has 0 saturated heterocycles. The summed E-state index contributed by atoms with van der Waals surface area (Å²) in [5, 5.41) is 11.7. The van der Waals surface area contributed by atoms with Crippen LogP contribution in [0.1, 0.15) is 13.8 Å². The van der Waals surface area contributed by atoms with Crippen molar-refractivity contribution in [3.8, 4) is 0 Å². The number of aliphatic hydroxyl groups is 1. The highest BCUT2D eigenvalue weighted by molar-refractivity contribution is 7.92. The summed E-state index contributed by atoms with van der Waals surface area (Å²) >= 11 is 0. The maximum absolute atomic E-state index is 13.1. The molecule has 4 nitrogen and oxygen atoms in total. The zero-order valence-corrected chi connectivity index (χ0v) is 12.1. The van der Waals surface area contributed by atoms with Gasteiger partial charge in [0.1, 0.15) is 10.7 Å². The number of rotatable bonds is 5. The van der Waals surface area contributed by atoms with Gasteiger partial charge in [-0.1, -0.05) is 13.8 Å². The third-order valence-corrected chi connectivity index (χ3v) is 4.41. The normalized spacial score (nSPS) is 14.3. The molecular formula is C12H15F4NO3S. The Labute approximate surface area is 119 Å². The smallest absolute Gasteiger partial charge is 0.394 e. The molecule has 0 saturated carbocycles. The van der Waals surface area contributed by atoms with Crippen molar-refractivity contribution in [3.63, 3.8) is 0 Å². The fourth-order valence-electron chi connectivity index (χ4n) is 1.59. The second-order valence-electron chi connectivity index (χ2n) is 4.77. The minimum absolute atomic E-state index is 0.179. The topological polar surface area (TPSA) is 66.4 Å². The standard InChI is InChI=1S/C12H15F4NO3S/c1-7(2)10(6-18)17-9-4-3-8(13)5-11(9)21(19,20)12(14,15)16/h3-5,7,10,17-18H,6H2,1-2H3/t10-/m1/s1. The number of anilines is 1. The van der Waals surface area contributed by atoms with E-state index in [1.165, 1.54) is 0 Å². The fourth-order valence-corrected chi connectivity index (χ4v) is 2.52. The van der Waals surface area contributed by atoms with E-state index in [4.69, 9.17) is 5.11 Å². The molecule has 1 rings (SSSR count). The molecule has 0 aromatic heterocycles. The van der Waals surface area contributed by atoms with Crippen LogP contribution in [0.4, 0.5) is 23.2 Å². The van der Waals surface area contributed by atoms with Gasteiger partial charge >= 0.3 is 5.51 Å². The van der Waals surface area contributed by atoms with Gasteiger partial charge in [0, 0.05) is 0 Å². The van der Waals surface area contributed by atoms with Crippen LogP contribution in [0.2, 0.25) is 0 Å². The van der Waals surface area contributed by atoms with E-state index in [1.807, 2.05) is 0 Å². The highest BCUT2D eigenvalue weighted by atomic mass is 32.2. The first-order valence-electron chi connectivity index (χ1n) is 5.99. The number of sulfone groups is 1. The Kier molecular flexibility index (Phi) is 5.21. The summed E-state index contributed by atoms with van der Waals surface area (Å²) in [6.45, 7) is 2.96. The lowest BCUT2D eigenvalue weighted by Crippen LogP contribution is -2.31. The van der Waals surface area contributed by atoms with Crippen LogP contribution >= 0.6 is 0 Å². The van der Waals surface area contributed by atoms with Crippen molar-refractivity contribution in [2.45, 2.75) is 30.3 Å². The van der Waals surface area contributed by atoms with E-state index in [1.54, 1.807) is 13.8 Å². The molecule has 2 N–H and O–H groups in total. The average molecular weight is 329 g/mol. The zero-order chi connectivity index (χ0) is 16.4. The van der Waals surface area contributed by atoms with Crippen molar-refractivity contribution in [3.05, 3.63) is 24.0 Å². The number of halogens is 4. The minimum atomic E-state index is -5.69. The Morgan fingerprint density at radius 2 is 1.86 bits per heavy atom.